The molecule has 0 aliphatic heterocycles. The summed E-state index contributed by atoms with van der Waals surface area (Å²) in [6.07, 6.45) is 3.04. The summed E-state index contributed by atoms with van der Waals surface area (Å²) in [5.74, 6) is 0. The normalized spacial score (nSPS) is 12.4. The first kappa shape index (κ1) is 19.6. The van der Waals surface area contributed by atoms with Crippen molar-refractivity contribution in [3.8, 4) is 11.1 Å². The molecular weight excluding hydrogens is 408 g/mol. The van der Waals surface area contributed by atoms with Crippen molar-refractivity contribution in [3.05, 3.63) is 131 Å². The van der Waals surface area contributed by atoms with Gasteiger partial charge in [0.15, 0.2) is 0 Å². The largest absolute Gasteiger partial charge is 0.0619 e. The van der Waals surface area contributed by atoms with Gasteiger partial charge in [0.2, 0.25) is 0 Å². The zero-order valence-corrected chi connectivity index (χ0v) is 19.4. The molecule has 6 aromatic rings. The molecule has 7 rings (SSSR count). The summed E-state index contributed by atoms with van der Waals surface area (Å²) in [5, 5.41) is 8.23. The Bertz CT molecular complexity index is 1740. The summed E-state index contributed by atoms with van der Waals surface area (Å²) >= 11 is 0. The molecule has 6 aromatic carbocycles. The Morgan fingerprint density at radius 2 is 1.09 bits per heavy atom. The summed E-state index contributed by atoms with van der Waals surface area (Å²) < 4.78 is 0. The predicted octanol–water partition coefficient (Wildman–Crippen LogP) is 8.87. The molecule has 0 heteroatoms. The van der Waals surface area contributed by atoms with Gasteiger partial charge in [0.05, 0.1) is 0 Å². The molecule has 0 saturated heterocycles. The van der Waals surface area contributed by atoms with Gasteiger partial charge in [-0.2, -0.15) is 0 Å². The second-order valence-electron chi connectivity index (χ2n) is 9.61. The highest BCUT2D eigenvalue weighted by molar-refractivity contribution is 6.19. The molecule has 1 aliphatic carbocycles. The summed E-state index contributed by atoms with van der Waals surface area (Å²) in [5.41, 5.74) is 9.95. The van der Waals surface area contributed by atoms with Crippen LogP contribution in [0, 0.1) is 0 Å². The fraction of sp³-hybridized carbons (Fsp3) is 0.118. The third-order valence-corrected chi connectivity index (χ3v) is 7.69. The first-order valence-corrected chi connectivity index (χ1v) is 12.3. The number of fused-ring (bicyclic) bond motifs is 8. The lowest BCUT2D eigenvalue weighted by Gasteiger charge is -2.15. The second kappa shape index (κ2) is 7.57. The third kappa shape index (κ3) is 2.92. The fourth-order valence-corrected chi connectivity index (χ4v) is 6.07. The van der Waals surface area contributed by atoms with Crippen LogP contribution in [0.5, 0.6) is 0 Å². The van der Waals surface area contributed by atoms with Gasteiger partial charge in [0, 0.05) is 0 Å². The van der Waals surface area contributed by atoms with Crippen LogP contribution in [0.1, 0.15) is 34.7 Å². The van der Waals surface area contributed by atoms with Crippen molar-refractivity contribution in [2.75, 3.05) is 0 Å². The van der Waals surface area contributed by atoms with Crippen LogP contribution in [-0.2, 0) is 19.3 Å². The lowest BCUT2D eigenvalue weighted by Crippen LogP contribution is -1.94. The van der Waals surface area contributed by atoms with E-state index in [-0.39, 0.29) is 0 Å². The zero-order valence-electron chi connectivity index (χ0n) is 19.4. The Morgan fingerprint density at radius 3 is 1.82 bits per heavy atom. The van der Waals surface area contributed by atoms with Crippen LogP contribution >= 0.6 is 0 Å². The molecule has 0 fully saturated rings. The second-order valence-corrected chi connectivity index (χ2v) is 9.61. The first-order chi connectivity index (χ1) is 16.8. The van der Waals surface area contributed by atoms with Crippen molar-refractivity contribution in [1.82, 2.24) is 0 Å². The molecule has 0 radical (unpaired) electrons. The number of hydrogen-bond acceptors (Lipinski definition) is 0. The van der Waals surface area contributed by atoms with Crippen molar-refractivity contribution in [2.24, 2.45) is 0 Å². The molecule has 0 N–H and O–H groups in total. The molecule has 0 spiro atoms. The monoisotopic (exact) mass is 434 g/mol. The average molecular weight is 435 g/mol. The molecule has 34 heavy (non-hydrogen) atoms. The lowest BCUT2D eigenvalue weighted by atomic mass is 9.89. The molecular formula is C34H26. The molecule has 0 heterocycles. The molecule has 0 atom stereocenters. The molecule has 1 aliphatic rings. The van der Waals surface area contributed by atoms with E-state index < -0.39 is 0 Å². The molecule has 0 aromatic heterocycles. The maximum absolute atomic E-state index is 2.46. The molecule has 0 bridgehead atoms. The molecule has 0 nitrogen and oxygen atoms in total. The predicted molar refractivity (Wildman–Crippen MR) is 146 cm³/mol. The Morgan fingerprint density at radius 1 is 0.500 bits per heavy atom. The van der Waals surface area contributed by atoms with Crippen LogP contribution in [0.25, 0.3) is 43.4 Å². The van der Waals surface area contributed by atoms with Crippen LogP contribution < -0.4 is 0 Å². The van der Waals surface area contributed by atoms with Crippen molar-refractivity contribution in [2.45, 2.75) is 26.2 Å². The maximum Gasteiger partial charge on any atom is -0.00134 e. The van der Waals surface area contributed by atoms with E-state index in [2.05, 4.69) is 110 Å². The highest BCUT2D eigenvalue weighted by Gasteiger charge is 2.18. The van der Waals surface area contributed by atoms with Crippen molar-refractivity contribution < 1.29 is 0 Å². The van der Waals surface area contributed by atoms with E-state index in [0.717, 1.165) is 19.3 Å². The van der Waals surface area contributed by atoms with Crippen molar-refractivity contribution in [3.63, 3.8) is 0 Å². The van der Waals surface area contributed by atoms with Crippen molar-refractivity contribution >= 4 is 32.3 Å². The van der Waals surface area contributed by atoms with E-state index in [1.807, 2.05) is 0 Å². The molecule has 0 unspecified atom stereocenters. The van der Waals surface area contributed by atoms with E-state index >= 15 is 0 Å². The van der Waals surface area contributed by atoms with E-state index in [1.165, 1.54) is 71.3 Å². The highest BCUT2D eigenvalue weighted by atomic mass is 14.2. The Labute approximate surface area is 200 Å². The van der Waals surface area contributed by atoms with E-state index in [4.69, 9.17) is 0 Å². The van der Waals surface area contributed by atoms with Gasteiger partial charge in [-0.25, -0.2) is 0 Å². The first-order valence-electron chi connectivity index (χ1n) is 12.3. The third-order valence-electron chi connectivity index (χ3n) is 7.69. The van der Waals surface area contributed by atoms with Gasteiger partial charge in [0.25, 0.3) is 0 Å². The molecule has 162 valence electrons. The minimum atomic E-state index is 0.948. The topological polar surface area (TPSA) is 0 Å². The maximum atomic E-state index is 2.46. The Hall–Kier alpha value is -3.90. The molecule has 0 saturated carbocycles. The van der Waals surface area contributed by atoms with E-state index in [1.54, 1.807) is 0 Å². The smallest absolute Gasteiger partial charge is 0.00134 e. The van der Waals surface area contributed by atoms with Gasteiger partial charge >= 0.3 is 0 Å². The van der Waals surface area contributed by atoms with Crippen LogP contribution in [0.4, 0.5) is 0 Å². The summed E-state index contributed by atoms with van der Waals surface area (Å²) in [6.45, 7) is 2.26. The highest BCUT2D eigenvalue weighted by Crippen LogP contribution is 2.39. The van der Waals surface area contributed by atoms with Crippen LogP contribution in [0.3, 0.4) is 0 Å². The summed E-state index contributed by atoms with van der Waals surface area (Å²) in [6, 6.07) is 38.7. The number of rotatable bonds is 3. The van der Waals surface area contributed by atoms with E-state index in [9.17, 15) is 0 Å². The number of benzene rings is 6. The van der Waals surface area contributed by atoms with Gasteiger partial charge < -0.3 is 0 Å². The van der Waals surface area contributed by atoms with Crippen LogP contribution in [0.15, 0.2) is 103 Å². The zero-order chi connectivity index (χ0) is 22.6. The fourth-order valence-electron chi connectivity index (χ4n) is 6.07. The van der Waals surface area contributed by atoms with Crippen LogP contribution in [-0.4, -0.2) is 0 Å². The van der Waals surface area contributed by atoms with Gasteiger partial charge in [-0.1, -0.05) is 97.9 Å². The average Bonchev–Trinajstić information content (AvgIpc) is 3.26. The van der Waals surface area contributed by atoms with Gasteiger partial charge in [0.1, 0.15) is 0 Å². The summed E-state index contributed by atoms with van der Waals surface area (Å²) in [7, 11) is 0. The van der Waals surface area contributed by atoms with Gasteiger partial charge in [-0.3, -0.25) is 0 Å². The molecule has 0 amide bonds. The SMILES string of the molecule is CCc1cc2c3ccccc3c(Cc3ccc4c(c3)Cc3ccccc3-4)cc2c2ccccc12. The van der Waals surface area contributed by atoms with E-state index in [0.29, 0.717) is 0 Å². The van der Waals surface area contributed by atoms with Crippen LogP contribution in [0.2, 0.25) is 0 Å². The Kier molecular flexibility index (Phi) is 4.35. The van der Waals surface area contributed by atoms with Crippen molar-refractivity contribution in [1.29, 1.82) is 0 Å². The standard InChI is InChI=1S/C34H26/c1-2-23-20-33-32-14-8-6-12-29(32)26(21-34(33)31-13-7-5-10-27(23)31)18-22-15-16-30-25(17-22)19-24-9-3-4-11-28(24)30/h3-17,20-21H,2,18-19H2,1H3. The lowest BCUT2D eigenvalue weighted by molar-refractivity contribution is 1.16. The minimum absolute atomic E-state index is 0.948. The Balaban J connectivity index is 1.42. The minimum Gasteiger partial charge on any atom is -0.0619 e. The van der Waals surface area contributed by atoms with Gasteiger partial charge in [-0.05, 0) is 103 Å². The number of aryl methyl sites for hydroxylation is 1. The van der Waals surface area contributed by atoms with Gasteiger partial charge in [-0.15, -0.1) is 0 Å². The number of hydrogen-bond donors (Lipinski definition) is 0. The summed E-state index contributed by atoms with van der Waals surface area (Å²) in [4.78, 5) is 0. The quantitative estimate of drug-likeness (QED) is 0.244.